The highest BCUT2D eigenvalue weighted by atomic mass is 16.2. The molecule has 0 saturated carbocycles. The monoisotopic (exact) mass is 260 g/mol. The zero-order valence-corrected chi connectivity index (χ0v) is 11.1. The molecule has 19 heavy (non-hydrogen) atoms. The van der Waals surface area contributed by atoms with Crippen molar-refractivity contribution in [1.82, 2.24) is 5.32 Å². The van der Waals surface area contributed by atoms with Gasteiger partial charge in [-0.15, -0.1) is 6.58 Å². The molecule has 0 fully saturated rings. The van der Waals surface area contributed by atoms with Gasteiger partial charge in [0.25, 0.3) is 0 Å². The van der Waals surface area contributed by atoms with Crippen LogP contribution in [0.25, 0.3) is 0 Å². The number of nitrogens with two attached hydrogens (primary N) is 1. The van der Waals surface area contributed by atoms with Crippen LogP contribution in [0.5, 0.6) is 0 Å². The van der Waals surface area contributed by atoms with Gasteiger partial charge in [-0.05, 0) is 12.5 Å². The van der Waals surface area contributed by atoms with Crippen LogP contribution in [0.1, 0.15) is 24.8 Å². The van der Waals surface area contributed by atoms with Gasteiger partial charge in [0, 0.05) is 13.0 Å². The summed E-state index contributed by atoms with van der Waals surface area (Å²) < 4.78 is 0. The molecule has 0 aliphatic heterocycles. The Morgan fingerprint density at radius 3 is 2.53 bits per heavy atom. The van der Waals surface area contributed by atoms with Crippen LogP contribution in [-0.4, -0.2) is 24.3 Å². The molecule has 0 aromatic heterocycles. The molecular weight excluding hydrogens is 240 g/mol. The van der Waals surface area contributed by atoms with Gasteiger partial charge in [0.15, 0.2) is 5.78 Å². The van der Waals surface area contributed by atoms with Gasteiger partial charge in [0.1, 0.15) is 0 Å². The first-order valence-electron chi connectivity index (χ1n) is 6.28. The second-order valence-electron chi connectivity index (χ2n) is 4.45. The second kappa shape index (κ2) is 7.48. The maximum absolute atomic E-state index is 12.1. The molecular formula is C15H20N2O2. The molecule has 2 atom stereocenters. The summed E-state index contributed by atoms with van der Waals surface area (Å²) in [6.07, 6.45) is 1.71. The summed E-state index contributed by atoms with van der Waals surface area (Å²) in [5, 5.41) is 2.68. The van der Waals surface area contributed by atoms with Gasteiger partial charge in [-0.3, -0.25) is 9.59 Å². The summed E-state index contributed by atoms with van der Waals surface area (Å²) >= 11 is 0. The fourth-order valence-corrected chi connectivity index (χ4v) is 1.83. The van der Waals surface area contributed by atoms with Crippen LogP contribution in [0.15, 0.2) is 43.0 Å². The molecule has 1 unspecified atom stereocenters. The van der Waals surface area contributed by atoms with Crippen molar-refractivity contribution in [3.05, 3.63) is 48.6 Å². The molecule has 0 heterocycles. The Labute approximate surface area is 113 Å². The quantitative estimate of drug-likeness (QED) is 0.727. The van der Waals surface area contributed by atoms with Crippen LogP contribution in [0.2, 0.25) is 0 Å². The summed E-state index contributed by atoms with van der Waals surface area (Å²) in [5.41, 5.74) is 6.47. The number of amides is 1. The van der Waals surface area contributed by atoms with Gasteiger partial charge >= 0.3 is 0 Å². The first kappa shape index (κ1) is 15.1. The largest absolute Gasteiger partial charge is 0.353 e. The Balaban J connectivity index is 2.85. The van der Waals surface area contributed by atoms with Crippen LogP contribution < -0.4 is 11.1 Å². The summed E-state index contributed by atoms with van der Waals surface area (Å²) in [6.45, 7) is 5.57. The van der Waals surface area contributed by atoms with Crippen molar-refractivity contribution < 1.29 is 9.59 Å². The second-order valence-corrected chi connectivity index (χ2v) is 4.45. The number of carbonyl (C=O) groups is 2. The highest BCUT2D eigenvalue weighted by molar-refractivity contribution is 5.94. The number of carbonyl (C=O) groups excluding carboxylic acids is 2. The fourth-order valence-electron chi connectivity index (χ4n) is 1.83. The van der Waals surface area contributed by atoms with E-state index >= 15 is 0 Å². The first-order chi connectivity index (χ1) is 9.06. The highest BCUT2D eigenvalue weighted by Crippen LogP contribution is 2.21. The molecule has 1 rings (SSSR count). The third-order valence-corrected chi connectivity index (χ3v) is 2.83. The molecule has 0 aliphatic carbocycles. The van der Waals surface area contributed by atoms with Crippen LogP contribution >= 0.6 is 0 Å². The molecule has 0 aliphatic rings. The van der Waals surface area contributed by atoms with Crippen LogP contribution in [0.4, 0.5) is 0 Å². The van der Waals surface area contributed by atoms with Gasteiger partial charge < -0.3 is 11.1 Å². The number of rotatable bonds is 7. The summed E-state index contributed by atoms with van der Waals surface area (Å²) in [7, 11) is 0. The van der Waals surface area contributed by atoms with Crippen molar-refractivity contribution in [2.24, 2.45) is 5.73 Å². The predicted octanol–water partition coefficient (Wildman–Crippen LogP) is 1.38. The van der Waals surface area contributed by atoms with Crippen molar-refractivity contribution >= 4 is 11.7 Å². The smallest absolute Gasteiger partial charge is 0.221 e. The molecule has 4 heteroatoms. The number of ketones is 1. The standard InChI is InChI=1S/C15H20N2O2/c1-3-9-17-14(18)10-13(15(19)11(2)16)12-7-5-4-6-8-12/h3-8,11,13H,1,9-10,16H2,2H3,(H,17,18)/t11-,13?/m0/s1. The molecule has 0 spiro atoms. The van der Waals surface area contributed by atoms with Gasteiger partial charge in [0.2, 0.25) is 5.91 Å². The first-order valence-corrected chi connectivity index (χ1v) is 6.28. The lowest BCUT2D eigenvalue weighted by Gasteiger charge is -2.17. The Hall–Kier alpha value is -1.94. The minimum absolute atomic E-state index is 0.109. The van der Waals surface area contributed by atoms with E-state index in [0.29, 0.717) is 6.54 Å². The third-order valence-electron chi connectivity index (χ3n) is 2.83. The normalized spacial score (nSPS) is 13.4. The van der Waals surface area contributed by atoms with Crippen molar-refractivity contribution in [2.45, 2.75) is 25.3 Å². The van der Waals surface area contributed by atoms with Gasteiger partial charge in [0.05, 0.1) is 12.0 Å². The van der Waals surface area contributed by atoms with E-state index in [2.05, 4.69) is 11.9 Å². The molecule has 102 valence electrons. The Morgan fingerprint density at radius 2 is 2.00 bits per heavy atom. The predicted molar refractivity (Wildman–Crippen MR) is 75.7 cm³/mol. The van der Waals surface area contributed by atoms with Crippen molar-refractivity contribution in [2.75, 3.05) is 6.54 Å². The molecule has 0 bridgehead atoms. The molecule has 0 saturated heterocycles. The molecule has 4 nitrogen and oxygen atoms in total. The molecule has 0 radical (unpaired) electrons. The van der Waals surface area contributed by atoms with E-state index in [1.807, 2.05) is 30.3 Å². The third kappa shape index (κ3) is 4.67. The van der Waals surface area contributed by atoms with E-state index in [1.54, 1.807) is 13.0 Å². The number of hydrogen-bond donors (Lipinski definition) is 2. The zero-order chi connectivity index (χ0) is 14.3. The molecule has 1 amide bonds. The maximum Gasteiger partial charge on any atom is 0.221 e. The lowest BCUT2D eigenvalue weighted by Crippen LogP contribution is -2.35. The van der Waals surface area contributed by atoms with E-state index in [1.165, 1.54) is 0 Å². The maximum atomic E-state index is 12.1. The number of benzene rings is 1. The lowest BCUT2D eigenvalue weighted by molar-refractivity contribution is -0.127. The average molecular weight is 260 g/mol. The van der Waals surface area contributed by atoms with E-state index in [4.69, 9.17) is 5.73 Å². The van der Waals surface area contributed by atoms with E-state index in [-0.39, 0.29) is 18.1 Å². The zero-order valence-electron chi connectivity index (χ0n) is 11.1. The highest BCUT2D eigenvalue weighted by Gasteiger charge is 2.25. The van der Waals surface area contributed by atoms with E-state index in [0.717, 1.165) is 5.56 Å². The van der Waals surface area contributed by atoms with Crippen LogP contribution in [-0.2, 0) is 9.59 Å². The van der Waals surface area contributed by atoms with Crippen molar-refractivity contribution in [1.29, 1.82) is 0 Å². The molecule has 1 aromatic carbocycles. The molecule has 3 N–H and O–H groups in total. The minimum atomic E-state index is -0.586. The Bertz CT molecular complexity index is 441. The Kier molecular flexibility index (Phi) is 5.96. The fraction of sp³-hybridized carbons (Fsp3) is 0.333. The average Bonchev–Trinajstić information content (AvgIpc) is 2.42. The summed E-state index contributed by atoms with van der Waals surface area (Å²) in [4.78, 5) is 23.9. The summed E-state index contributed by atoms with van der Waals surface area (Å²) in [5.74, 6) is -0.797. The summed E-state index contributed by atoms with van der Waals surface area (Å²) in [6, 6.07) is 8.65. The number of nitrogens with one attached hydrogen (secondary N) is 1. The van der Waals surface area contributed by atoms with Gasteiger partial charge in [-0.1, -0.05) is 36.4 Å². The number of hydrogen-bond acceptors (Lipinski definition) is 3. The van der Waals surface area contributed by atoms with Crippen LogP contribution in [0, 0.1) is 0 Å². The van der Waals surface area contributed by atoms with Gasteiger partial charge in [-0.2, -0.15) is 0 Å². The number of Topliss-reactive ketones (excluding diaryl/α,β-unsaturated/α-hetero) is 1. The van der Waals surface area contributed by atoms with Crippen molar-refractivity contribution in [3.63, 3.8) is 0 Å². The lowest BCUT2D eigenvalue weighted by atomic mass is 9.88. The molecule has 1 aromatic rings. The minimum Gasteiger partial charge on any atom is -0.353 e. The van der Waals surface area contributed by atoms with Gasteiger partial charge in [-0.25, -0.2) is 0 Å². The van der Waals surface area contributed by atoms with Crippen LogP contribution in [0.3, 0.4) is 0 Å². The Morgan fingerprint density at radius 1 is 1.37 bits per heavy atom. The topological polar surface area (TPSA) is 72.2 Å². The SMILES string of the molecule is C=CCNC(=O)CC(C(=O)[C@H](C)N)c1ccccc1. The van der Waals surface area contributed by atoms with E-state index in [9.17, 15) is 9.59 Å². The van der Waals surface area contributed by atoms with E-state index < -0.39 is 12.0 Å². The van der Waals surface area contributed by atoms with Crippen molar-refractivity contribution in [3.8, 4) is 0 Å².